The van der Waals surface area contributed by atoms with Crippen LogP contribution in [0, 0.1) is 11.8 Å². The molecule has 1 rings (SSSR count). The fraction of sp³-hybridized carbons (Fsp3) is 1.00. The van der Waals surface area contributed by atoms with Crippen LogP contribution in [0.1, 0.15) is 33.6 Å². The van der Waals surface area contributed by atoms with Crippen molar-refractivity contribution in [1.82, 2.24) is 4.90 Å². The Hall–Kier alpha value is -0.0800. The van der Waals surface area contributed by atoms with E-state index in [1.165, 1.54) is 12.8 Å². The first-order valence-electron chi connectivity index (χ1n) is 4.92. The van der Waals surface area contributed by atoms with Crippen LogP contribution in [-0.4, -0.2) is 29.3 Å². The second-order valence-corrected chi connectivity index (χ2v) is 4.49. The van der Waals surface area contributed by atoms with Crippen molar-refractivity contribution in [1.29, 1.82) is 0 Å². The molecule has 1 aliphatic rings. The van der Waals surface area contributed by atoms with Crippen LogP contribution in [0.3, 0.4) is 0 Å². The van der Waals surface area contributed by atoms with E-state index >= 15 is 0 Å². The molecule has 1 aliphatic carbocycles. The molecular formula is C10H21NO. The summed E-state index contributed by atoms with van der Waals surface area (Å²) in [4.78, 5) is 2.08. The lowest BCUT2D eigenvalue weighted by Crippen LogP contribution is -2.31. The van der Waals surface area contributed by atoms with Crippen molar-refractivity contribution >= 4 is 0 Å². The van der Waals surface area contributed by atoms with Crippen LogP contribution in [0.5, 0.6) is 0 Å². The van der Waals surface area contributed by atoms with Crippen LogP contribution in [0.15, 0.2) is 0 Å². The van der Waals surface area contributed by atoms with Gasteiger partial charge < -0.3 is 5.11 Å². The topological polar surface area (TPSA) is 23.5 Å². The molecule has 0 saturated heterocycles. The van der Waals surface area contributed by atoms with Gasteiger partial charge in [-0.05, 0) is 38.6 Å². The molecule has 0 amide bonds. The maximum absolute atomic E-state index is 9.31. The first-order chi connectivity index (χ1) is 5.52. The Balaban J connectivity index is 2.23. The largest absolute Gasteiger partial charge is 0.379 e. The van der Waals surface area contributed by atoms with Gasteiger partial charge in [0.2, 0.25) is 0 Å². The average molecular weight is 171 g/mol. The van der Waals surface area contributed by atoms with Gasteiger partial charge in [-0.15, -0.1) is 0 Å². The van der Waals surface area contributed by atoms with Crippen molar-refractivity contribution in [3.05, 3.63) is 0 Å². The van der Waals surface area contributed by atoms with Gasteiger partial charge >= 0.3 is 0 Å². The molecule has 3 unspecified atom stereocenters. The minimum absolute atomic E-state index is 0.285. The maximum atomic E-state index is 9.31. The molecule has 1 saturated carbocycles. The van der Waals surface area contributed by atoms with Crippen molar-refractivity contribution < 1.29 is 5.11 Å². The molecule has 0 bridgehead atoms. The third-order valence-electron chi connectivity index (χ3n) is 2.77. The molecule has 12 heavy (non-hydrogen) atoms. The van der Waals surface area contributed by atoms with Gasteiger partial charge in [0.05, 0.1) is 0 Å². The number of nitrogens with zero attached hydrogens (tertiary/aromatic N) is 1. The second-order valence-electron chi connectivity index (χ2n) is 4.49. The van der Waals surface area contributed by atoms with Gasteiger partial charge in [0.15, 0.2) is 0 Å². The Labute approximate surface area is 75.6 Å². The Morgan fingerprint density at radius 1 is 1.42 bits per heavy atom. The Morgan fingerprint density at radius 3 is 2.42 bits per heavy atom. The van der Waals surface area contributed by atoms with Crippen LogP contribution in [-0.2, 0) is 0 Å². The summed E-state index contributed by atoms with van der Waals surface area (Å²) >= 11 is 0. The summed E-state index contributed by atoms with van der Waals surface area (Å²) in [5, 5.41) is 9.31. The van der Waals surface area contributed by atoms with Gasteiger partial charge in [-0.2, -0.15) is 0 Å². The summed E-state index contributed by atoms with van der Waals surface area (Å²) < 4.78 is 0. The predicted molar refractivity (Wildman–Crippen MR) is 50.8 cm³/mol. The molecule has 0 spiro atoms. The fourth-order valence-corrected chi connectivity index (χ4v) is 1.87. The lowest BCUT2D eigenvalue weighted by molar-refractivity contribution is 0.0286. The number of aliphatic hydroxyl groups is 1. The highest BCUT2D eigenvalue weighted by Gasteiger charge is 2.41. The van der Waals surface area contributed by atoms with Crippen molar-refractivity contribution in [3.8, 4) is 0 Å². The van der Waals surface area contributed by atoms with E-state index in [1.54, 1.807) is 0 Å². The number of hydrogen-bond acceptors (Lipinski definition) is 2. The van der Waals surface area contributed by atoms with E-state index < -0.39 is 0 Å². The Bertz CT molecular complexity index is 145. The van der Waals surface area contributed by atoms with Gasteiger partial charge in [-0.3, -0.25) is 4.90 Å². The molecule has 0 aliphatic heterocycles. The first kappa shape index (κ1) is 10.0. The van der Waals surface area contributed by atoms with E-state index in [1.807, 2.05) is 14.0 Å². The quantitative estimate of drug-likeness (QED) is 0.651. The predicted octanol–water partition coefficient (Wildman–Crippen LogP) is 1.69. The lowest BCUT2D eigenvalue weighted by atomic mass is 10.1. The SMILES string of the molecule is CC(C)CC1CC1N(C)C(C)O. The van der Waals surface area contributed by atoms with Gasteiger partial charge in [-0.25, -0.2) is 0 Å². The van der Waals surface area contributed by atoms with Crippen molar-refractivity contribution in [2.45, 2.75) is 45.9 Å². The molecule has 1 fully saturated rings. The standard InChI is InChI=1S/C10H21NO/c1-7(2)5-9-6-10(9)11(4)8(3)12/h7-10,12H,5-6H2,1-4H3. The molecular weight excluding hydrogens is 150 g/mol. The van der Waals surface area contributed by atoms with Crippen LogP contribution in [0.25, 0.3) is 0 Å². The molecule has 72 valence electrons. The van der Waals surface area contributed by atoms with Crippen molar-refractivity contribution in [3.63, 3.8) is 0 Å². The highest BCUT2D eigenvalue weighted by Crippen LogP contribution is 2.40. The Kier molecular flexibility index (Phi) is 3.13. The summed E-state index contributed by atoms with van der Waals surface area (Å²) in [5.74, 6) is 1.63. The summed E-state index contributed by atoms with van der Waals surface area (Å²) in [5.41, 5.74) is 0. The monoisotopic (exact) mass is 171 g/mol. The molecule has 0 aromatic rings. The van der Waals surface area contributed by atoms with E-state index in [-0.39, 0.29) is 6.23 Å². The average Bonchev–Trinajstić information content (AvgIpc) is 2.64. The fourth-order valence-electron chi connectivity index (χ4n) is 1.87. The van der Waals surface area contributed by atoms with E-state index in [2.05, 4.69) is 18.7 Å². The van der Waals surface area contributed by atoms with Crippen molar-refractivity contribution in [2.75, 3.05) is 7.05 Å². The highest BCUT2D eigenvalue weighted by atomic mass is 16.3. The zero-order valence-electron chi connectivity index (χ0n) is 8.62. The molecule has 0 radical (unpaired) electrons. The minimum Gasteiger partial charge on any atom is -0.379 e. The molecule has 2 nitrogen and oxygen atoms in total. The van der Waals surface area contributed by atoms with E-state index in [9.17, 15) is 5.11 Å². The van der Waals surface area contributed by atoms with E-state index in [0.29, 0.717) is 6.04 Å². The maximum Gasteiger partial charge on any atom is 0.104 e. The van der Waals surface area contributed by atoms with Gasteiger partial charge in [-0.1, -0.05) is 13.8 Å². The molecule has 3 atom stereocenters. The third kappa shape index (κ3) is 2.46. The van der Waals surface area contributed by atoms with Crippen LogP contribution >= 0.6 is 0 Å². The van der Waals surface area contributed by atoms with Gasteiger partial charge in [0.25, 0.3) is 0 Å². The molecule has 0 aromatic heterocycles. The van der Waals surface area contributed by atoms with Crippen LogP contribution in [0.4, 0.5) is 0 Å². The number of hydrogen-bond donors (Lipinski definition) is 1. The summed E-state index contributed by atoms with van der Waals surface area (Å²) in [6, 6.07) is 0.646. The lowest BCUT2D eigenvalue weighted by Gasteiger charge is -2.20. The van der Waals surface area contributed by atoms with E-state index in [0.717, 1.165) is 11.8 Å². The third-order valence-corrected chi connectivity index (χ3v) is 2.77. The smallest absolute Gasteiger partial charge is 0.104 e. The molecule has 0 heterocycles. The minimum atomic E-state index is -0.285. The number of aliphatic hydroxyl groups excluding tert-OH is 1. The summed E-state index contributed by atoms with van der Waals surface area (Å²) in [7, 11) is 2.01. The van der Waals surface area contributed by atoms with Crippen LogP contribution < -0.4 is 0 Å². The summed E-state index contributed by atoms with van der Waals surface area (Å²) in [6.07, 6.45) is 2.30. The normalized spacial score (nSPS) is 31.2. The Morgan fingerprint density at radius 2 is 2.00 bits per heavy atom. The zero-order valence-corrected chi connectivity index (χ0v) is 8.62. The molecule has 2 heteroatoms. The van der Waals surface area contributed by atoms with Crippen LogP contribution in [0.2, 0.25) is 0 Å². The van der Waals surface area contributed by atoms with E-state index in [4.69, 9.17) is 0 Å². The number of rotatable bonds is 4. The van der Waals surface area contributed by atoms with Crippen molar-refractivity contribution in [2.24, 2.45) is 11.8 Å². The highest BCUT2D eigenvalue weighted by molar-refractivity contribution is 4.94. The first-order valence-corrected chi connectivity index (χ1v) is 4.92. The zero-order chi connectivity index (χ0) is 9.30. The van der Waals surface area contributed by atoms with Gasteiger partial charge in [0, 0.05) is 6.04 Å². The van der Waals surface area contributed by atoms with Gasteiger partial charge in [0.1, 0.15) is 6.23 Å². The second kappa shape index (κ2) is 3.75. The molecule has 0 aromatic carbocycles. The summed E-state index contributed by atoms with van der Waals surface area (Å²) in [6.45, 7) is 6.36. The molecule has 1 N–H and O–H groups in total.